The van der Waals surface area contributed by atoms with Crippen LogP contribution in [-0.2, 0) is 14.3 Å². The molecule has 0 radical (unpaired) electrons. The molecule has 1 aromatic rings. The third-order valence-corrected chi connectivity index (χ3v) is 5.23. The van der Waals surface area contributed by atoms with Crippen LogP contribution in [0.25, 0.3) is 0 Å². The quantitative estimate of drug-likeness (QED) is 0.567. The van der Waals surface area contributed by atoms with Gasteiger partial charge in [0.25, 0.3) is 0 Å². The molecule has 2 heterocycles. The fourth-order valence-corrected chi connectivity index (χ4v) is 3.83. The highest BCUT2D eigenvalue weighted by Gasteiger charge is 2.38. The van der Waals surface area contributed by atoms with Crippen molar-refractivity contribution in [1.29, 1.82) is 0 Å². The van der Waals surface area contributed by atoms with Gasteiger partial charge < -0.3 is 19.3 Å². The van der Waals surface area contributed by atoms with Gasteiger partial charge in [0.05, 0.1) is 19.6 Å². The summed E-state index contributed by atoms with van der Waals surface area (Å²) in [5.41, 5.74) is 0.801. The number of likely N-dealkylation sites (tertiary alicyclic amines) is 1. The highest BCUT2D eigenvalue weighted by molar-refractivity contribution is 6.00. The lowest BCUT2D eigenvalue weighted by molar-refractivity contribution is -0.138. The summed E-state index contributed by atoms with van der Waals surface area (Å²) < 4.78 is 10.6. The number of benzene rings is 1. The van der Waals surface area contributed by atoms with Gasteiger partial charge >= 0.3 is 0 Å². The van der Waals surface area contributed by atoms with Gasteiger partial charge in [0.2, 0.25) is 11.8 Å². The van der Waals surface area contributed by atoms with Crippen LogP contribution in [0.5, 0.6) is 5.75 Å². The Balaban J connectivity index is 1.58. The van der Waals surface area contributed by atoms with Crippen molar-refractivity contribution in [3.63, 3.8) is 0 Å². The van der Waals surface area contributed by atoms with Crippen molar-refractivity contribution < 1.29 is 19.1 Å². The second-order valence-corrected chi connectivity index (χ2v) is 7.12. The van der Waals surface area contributed by atoms with Crippen molar-refractivity contribution in [3.05, 3.63) is 24.3 Å². The minimum absolute atomic E-state index is 0.00979. The fourth-order valence-electron chi connectivity index (χ4n) is 3.83. The van der Waals surface area contributed by atoms with E-state index in [1.807, 2.05) is 29.2 Å². The minimum Gasteiger partial charge on any atom is -0.497 e. The highest BCUT2D eigenvalue weighted by Crippen LogP contribution is 2.29. The van der Waals surface area contributed by atoms with Gasteiger partial charge in [-0.05, 0) is 43.0 Å². The maximum absolute atomic E-state index is 13.0. The SMILES string of the molecule is C#CCOCC1CCCN(C(=O)C2CC(=O)N(c3ccc(OC)cc3)C2)C1. The van der Waals surface area contributed by atoms with E-state index >= 15 is 0 Å². The minimum atomic E-state index is -0.287. The number of piperidine rings is 1. The van der Waals surface area contributed by atoms with E-state index in [1.54, 1.807) is 12.0 Å². The molecule has 0 aliphatic carbocycles. The molecule has 0 N–H and O–H groups in total. The molecule has 144 valence electrons. The molecule has 2 amide bonds. The summed E-state index contributed by atoms with van der Waals surface area (Å²) in [6, 6.07) is 7.35. The Kier molecular flexibility index (Phi) is 6.36. The topological polar surface area (TPSA) is 59.1 Å². The predicted molar refractivity (Wildman–Crippen MR) is 102 cm³/mol. The number of amides is 2. The van der Waals surface area contributed by atoms with Gasteiger partial charge in [-0.15, -0.1) is 6.42 Å². The van der Waals surface area contributed by atoms with Gasteiger partial charge in [-0.25, -0.2) is 0 Å². The van der Waals surface area contributed by atoms with Crippen LogP contribution < -0.4 is 9.64 Å². The number of anilines is 1. The van der Waals surface area contributed by atoms with Crippen molar-refractivity contribution in [2.75, 3.05) is 44.9 Å². The molecule has 6 nitrogen and oxygen atoms in total. The average molecular weight is 370 g/mol. The normalized spacial score (nSPS) is 22.6. The van der Waals surface area contributed by atoms with E-state index in [-0.39, 0.29) is 24.2 Å². The molecule has 0 aromatic heterocycles. The molecule has 0 saturated carbocycles. The zero-order chi connectivity index (χ0) is 19.2. The van der Waals surface area contributed by atoms with E-state index < -0.39 is 0 Å². The second-order valence-electron chi connectivity index (χ2n) is 7.12. The number of ether oxygens (including phenoxy) is 2. The molecular formula is C21H26N2O4. The van der Waals surface area contributed by atoms with Gasteiger partial charge in [-0.1, -0.05) is 5.92 Å². The van der Waals surface area contributed by atoms with Gasteiger partial charge in [0, 0.05) is 31.7 Å². The van der Waals surface area contributed by atoms with Crippen LogP contribution in [0.15, 0.2) is 24.3 Å². The number of hydrogen-bond donors (Lipinski definition) is 0. The van der Waals surface area contributed by atoms with Crippen LogP contribution in [0, 0.1) is 24.2 Å². The Labute approximate surface area is 160 Å². The van der Waals surface area contributed by atoms with Gasteiger partial charge in [0.1, 0.15) is 12.4 Å². The maximum Gasteiger partial charge on any atom is 0.228 e. The summed E-state index contributed by atoms with van der Waals surface area (Å²) >= 11 is 0. The molecule has 2 unspecified atom stereocenters. The fraction of sp³-hybridized carbons (Fsp3) is 0.524. The van der Waals surface area contributed by atoms with Crippen molar-refractivity contribution in [3.8, 4) is 18.1 Å². The molecular weight excluding hydrogens is 344 g/mol. The first-order valence-corrected chi connectivity index (χ1v) is 9.36. The summed E-state index contributed by atoms with van der Waals surface area (Å²) in [5.74, 6) is 3.29. The first kappa shape index (κ1) is 19.2. The maximum atomic E-state index is 13.0. The largest absolute Gasteiger partial charge is 0.497 e. The number of terminal acetylenes is 1. The first-order valence-electron chi connectivity index (χ1n) is 9.36. The van der Waals surface area contributed by atoms with E-state index in [4.69, 9.17) is 15.9 Å². The summed E-state index contributed by atoms with van der Waals surface area (Å²) in [6.45, 7) is 2.74. The van der Waals surface area contributed by atoms with Gasteiger partial charge in [0.15, 0.2) is 0 Å². The molecule has 3 rings (SSSR count). The van der Waals surface area contributed by atoms with Crippen LogP contribution in [-0.4, -0.2) is 56.7 Å². The lowest BCUT2D eigenvalue weighted by Gasteiger charge is -2.34. The molecule has 27 heavy (non-hydrogen) atoms. The third kappa shape index (κ3) is 4.61. The number of carbonyl (C=O) groups is 2. The Morgan fingerprint density at radius 2 is 2.07 bits per heavy atom. The molecule has 0 spiro atoms. The van der Waals surface area contributed by atoms with Crippen LogP contribution in [0.1, 0.15) is 19.3 Å². The molecule has 2 saturated heterocycles. The summed E-state index contributed by atoms with van der Waals surface area (Å²) in [4.78, 5) is 29.0. The Hall–Kier alpha value is -2.52. The molecule has 2 atom stereocenters. The number of nitrogens with zero attached hydrogens (tertiary/aromatic N) is 2. The Bertz CT molecular complexity index is 710. The lowest BCUT2D eigenvalue weighted by atomic mass is 9.97. The standard InChI is InChI=1S/C21H26N2O4/c1-3-11-27-15-16-5-4-10-22(13-16)21(25)17-12-20(24)23(14-17)18-6-8-19(26-2)9-7-18/h1,6-9,16-17H,4-5,10-15H2,2H3. The predicted octanol–water partition coefficient (Wildman–Crippen LogP) is 1.94. The smallest absolute Gasteiger partial charge is 0.228 e. The molecule has 1 aromatic carbocycles. The lowest BCUT2D eigenvalue weighted by Crippen LogP contribution is -2.44. The zero-order valence-corrected chi connectivity index (χ0v) is 15.7. The number of rotatable bonds is 6. The number of methoxy groups -OCH3 is 1. The molecule has 2 aliphatic heterocycles. The van der Waals surface area contributed by atoms with Gasteiger partial charge in [-0.2, -0.15) is 0 Å². The molecule has 2 fully saturated rings. The Morgan fingerprint density at radius 3 is 2.78 bits per heavy atom. The summed E-state index contributed by atoms with van der Waals surface area (Å²) in [6.07, 6.45) is 7.47. The van der Waals surface area contributed by atoms with Crippen LogP contribution in [0.3, 0.4) is 0 Å². The van der Waals surface area contributed by atoms with E-state index in [0.29, 0.717) is 32.2 Å². The number of carbonyl (C=O) groups excluding carboxylic acids is 2. The highest BCUT2D eigenvalue weighted by atomic mass is 16.5. The van der Waals surface area contributed by atoms with Crippen molar-refractivity contribution in [2.45, 2.75) is 19.3 Å². The van der Waals surface area contributed by atoms with E-state index in [9.17, 15) is 9.59 Å². The van der Waals surface area contributed by atoms with Crippen molar-refractivity contribution in [1.82, 2.24) is 4.90 Å². The Morgan fingerprint density at radius 1 is 1.30 bits per heavy atom. The third-order valence-electron chi connectivity index (χ3n) is 5.23. The summed E-state index contributed by atoms with van der Waals surface area (Å²) in [7, 11) is 1.61. The first-order chi connectivity index (χ1) is 13.1. The van der Waals surface area contributed by atoms with Crippen LogP contribution in [0.4, 0.5) is 5.69 Å². The average Bonchev–Trinajstić information content (AvgIpc) is 3.09. The molecule has 0 bridgehead atoms. The zero-order valence-electron chi connectivity index (χ0n) is 15.7. The van der Waals surface area contributed by atoms with Crippen molar-refractivity contribution in [2.24, 2.45) is 11.8 Å². The monoisotopic (exact) mass is 370 g/mol. The van der Waals surface area contributed by atoms with Gasteiger partial charge in [-0.3, -0.25) is 9.59 Å². The molecule has 2 aliphatic rings. The molecule has 6 heteroatoms. The summed E-state index contributed by atoms with van der Waals surface area (Å²) in [5, 5.41) is 0. The van der Waals surface area contributed by atoms with E-state index in [2.05, 4.69) is 5.92 Å². The number of hydrogen-bond acceptors (Lipinski definition) is 4. The van der Waals surface area contributed by atoms with E-state index in [0.717, 1.165) is 30.8 Å². The van der Waals surface area contributed by atoms with Crippen LogP contribution in [0.2, 0.25) is 0 Å². The second kappa shape index (κ2) is 8.92. The van der Waals surface area contributed by atoms with Crippen molar-refractivity contribution >= 4 is 17.5 Å². The van der Waals surface area contributed by atoms with E-state index in [1.165, 1.54) is 0 Å². The van der Waals surface area contributed by atoms with Crippen LogP contribution >= 0.6 is 0 Å².